The van der Waals surface area contributed by atoms with Gasteiger partial charge in [0.2, 0.25) is 0 Å². The highest BCUT2D eigenvalue weighted by molar-refractivity contribution is 7.91. The average molecular weight is 209 g/mol. The Balaban J connectivity index is 4.24. The largest absolute Gasteiger partial charge is 0.380 e. The van der Waals surface area contributed by atoms with Gasteiger partial charge in [-0.15, -0.1) is 0 Å². The zero-order valence-corrected chi connectivity index (χ0v) is 9.52. The van der Waals surface area contributed by atoms with E-state index in [0.717, 1.165) is 0 Å². The van der Waals surface area contributed by atoms with Gasteiger partial charge in [0.25, 0.3) is 0 Å². The molecule has 0 amide bonds. The highest BCUT2D eigenvalue weighted by atomic mass is 32.2. The van der Waals surface area contributed by atoms with E-state index in [1.807, 2.05) is 6.92 Å². The van der Waals surface area contributed by atoms with Crippen molar-refractivity contribution < 1.29 is 13.2 Å². The third-order valence-electron chi connectivity index (χ3n) is 2.11. The van der Waals surface area contributed by atoms with Crippen molar-refractivity contribution in [2.45, 2.75) is 25.1 Å². The summed E-state index contributed by atoms with van der Waals surface area (Å²) in [7, 11) is -1.25. The van der Waals surface area contributed by atoms with Crippen molar-refractivity contribution in [3.63, 3.8) is 0 Å². The first-order valence-electron chi connectivity index (χ1n) is 4.37. The molecule has 0 aliphatic carbocycles. The Morgan fingerprint density at radius 3 is 2.31 bits per heavy atom. The molecule has 0 rings (SSSR count). The smallest absolute Gasteiger partial charge is 0.151 e. The lowest BCUT2D eigenvalue weighted by molar-refractivity contribution is 0.124. The molecule has 5 heteroatoms. The molecule has 80 valence electrons. The van der Waals surface area contributed by atoms with Gasteiger partial charge in [0.15, 0.2) is 9.84 Å². The van der Waals surface area contributed by atoms with Crippen LogP contribution in [-0.2, 0) is 14.6 Å². The van der Waals surface area contributed by atoms with E-state index in [2.05, 4.69) is 5.32 Å². The molecule has 0 fully saturated rings. The molecule has 0 aliphatic heterocycles. The van der Waals surface area contributed by atoms with Gasteiger partial charge in [0.1, 0.15) is 0 Å². The summed E-state index contributed by atoms with van der Waals surface area (Å²) in [4.78, 5) is 0. The number of rotatable bonds is 6. The Morgan fingerprint density at radius 2 is 2.00 bits per heavy atom. The fourth-order valence-electron chi connectivity index (χ4n) is 0.997. The minimum absolute atomic E-state index is 0.130. The van der Waals surface area contributed by atoms with Crippen LogP contribution in [0.2, 0.25) is 0 Å². The predicted molar refractivity (Wildman–Crippen MR) is 53.6 cm³/mol. The molecule has 0 saturated carbocycles. The van der Waals surface area contributed by atoms with E-state index in [9.17, 15) is 8.42 Å². The molecule has 0 aromatic heterocycles. The summed E-state index contributed by atoms with van der Waals surface area (Å²) in [5, 5.41) is 2.53. The van der Waals surface area contributed by atoms with Gasteiger partial charge in [-0.3, -0.25) is 0 Å². The minimum atomic E-state index is -2.99. The van der Waals surface area contributed by atoms with Gasteiger partial charge in [0.05, 0.1) is 11.9 Å². The van der Waals surface area contributed by atoms with Crippen LogP contribution in [0.5, 0.6) is 0 Å². The van der Waals surface area contributed by atoms with Gasteiger partial charge in [-0.2, -0.15) is 0 Å². The van der Waals surface area contributed by atoms with E-state index >= 15 is 0 Å². The van der Waals surface area contributed by atoms with Crippen LogP contribution in [0.4, 0.5) is 0 Å². The Hall–Kier alpha value is -0.130. The second-order valence-corrected chi connectivity index (χ2v) is 5.49. The van der Waals surface area contributed by atoms with Crippen LogP contribution < -0.4 is 5.32 Å². The van der Waals surface area contributed by atoms with Gasteiger partial charge in [-0.1, -0.05) is 0 Å². The Labute approximate surface area is 80.6 Å². The van der Waals surface area contributed by atoms with Crippen LogP contribution in [0.1, 0.15) is 13.8 Å². The van der Waals surface area contributed by atoms with Gasteiger partial charge in [0, 0.05) is 18.9 Å². The molecule has 0 aromatic rings. The fraction of sp³-hybridized carbons (Fsp3) is 1.00. The van der Waals surface area contributed by atoms with E-state index in [-0.39, 0.29) is 6.04 Å². The number of nitrogens with one attached hydrogen (secondary N) is 1. The number of ether oxygens (including phenoxy) is 1. The molecular weight excluding hydrogens is 190 g/mol. The molecule has 0 aliphatic rings. The van der Waals surface area contributed by atoms with Crippen LogP contribution in [0.3, 0.4) is 0 Å². The molecule has 1 N–H and O–H groups in total. The van der Waals surface area contributed by atoms with Crippen LogP contribution in [0.25, 0.3) is 0 Å². The predicted octanol–water partition coefficient (Wildman–Crippen LogP) is 0.0440. The lowest BCUT2D eigenvalue weighted by Gasteiger charge is -2.21. The maximum atomic E-state index is 11.2. The van der Waals surface area contributed by atoms with Gasteiger partial charge in [-0.25, -0.2) is 8.42 Å². The maximum Gasteiger partial charge on any atom is 0.151 e. The zero-order chi connectivity index (χ0) is 10.5. The van der Waals surface area contributed by atoms with E-state index in [0.29, 0.717) is 13.2 Å². The molecule has 0 heterocycles. The number of hydrogen-bond acceptors (Lipinski definition) is 4. The summed E-state index contributed by atoms with van der Waals surface area (Å²) in [6.07, 6.45) is 1.24. The lowest BCUT2D eigenvalue weighted by atomic mass is 10.2. The number of sulfone groups is 1. The van der Waals surface area contributed by atoms with Crippen LogP contribution in [-0.4, -0.2) is 46.2 Å². The zero-order valence-electron chi connectivity index (χ0n) is 8.70. The number of hydrogen-bond donors (Lipinski definition) is 1. The van der Waals surface area contributed by atoms with Crippen molar-refractivity contribution in [1.29, 1.82) is 0 Å². The summed E-state index contributed by atoms with van der Waals surface area (Å²) in [6, 6.07) is -0.130. The van der Waals surface area contributed by atoms with E-state index in [4.69, 9.17) is 4.74 Å². The topological polar surface area (TPSA) is 55.4 Å². The molecular formula is C8H19NO3S. The average Bonchev–Trinajstić information content (AvgIpc) is 2.04. The van der Waals surface area contributed by atoms with Crippen LogP contribution >= 0.6 is 0 Å². The molecule has 13 heavy (non-hydrogen) atoms. The summed E-state index contributed by atoms with van der Waals surface area (Å²) in [6.45, 7) is 4.61. The maximum absolute atomic E-state index is 11.2. The minimum Gasteiger partial charge on any atom is -0.380 e. The molecule has 0 radical (unpaired) electrons. The second kappa shape index (κ2) is 5.57. The SMILES string of the molecule is CCOCC(NC)C(C)S(C)(=O)=O. The lowest BCUT2D eigenvalue weighted by Crippen LogP contribution is -2.43. The van der Waals surface area contributed by atoms with E-state index < -0.39 is 15.1 Å². The summed E-state index contributed by atoms with van der Waals surface area (Å²) in [5.74, 6) is 0. The molecule has 0 bridgehead atoms. The highest BCUT2D eigenvalue weighted by Crippen LogP contribution is 2.04. The Bertz CT molecular complexity index is 226. The van der Waals surface area contributed by atoms with Crippen molar-refractivity contribution in [1.82, 2.24) is 5.32 Å². The molecule has 0 spiro atoms. The summed E-state index contributed by atoms with van der Waals surface area (Å²) < 4.78 is 27.6. The van der Waals surface area contributed by atoms with E-state index in [1.54, 1.807) is 14.0 Å². The van der Waals surface area contributed by atoms with Gasteiger partial charge >= 0.3 is 0 Å². The van der Waals surface area contributed by atoms with E-state index in [1.165, 1.54) is 6.26 Å². The quantitative estimate of drug-likeness (QED) is 0.671. The van der Waals surface area contributed by atoms with Crippen LogP contribution in [0.15, 0.2) is 0 Å². The molecule has 2 atom stereocenters. The molecule has 0 aromatic carbocycles. The Kier molecular flexibility index (Phi) is 5.51. The normalized spacial score (nSPS) is 16.9. The number of likely N-dealkylation sites (N-methyl/N-ethyl adjacent to an activating group) is 1. The first-order valence-corrected chi connectivity index (χ1v) is 6.32. The van der Waals surface area contributed by atoms with Gasteiger partial charge < -0.3 is 10.1 Å². The molecule has 0 saturated heterocycles. The van der Waals surface area contributed by atoms with Crippen molar-refractivity contribution in [2.75, 3.05) is 26.5 Å². The first kappa shape index (κ1) is 12.9. The van der Waals surface area contributed by atoms with Crippen molar-refractivity contribution in [2.24, 2.45) is 0 Å². The van der Waals surface area contributed by atoms with Crippen molar-refractivity contribution in [3.8, 4) is 0 Å². The van der Waals surface area contributed by atoms with Crippen molar-refractivity contribution >= 4 is 9.84 Å². The third-order valence-corrected chi connectivity index (χ3v) is 3.79. The molecule has 4 nitrogen and oxygen atoms in total. The monoisotopic (exact) mass is 209 g/mol. The highest BCUT2D eigenvalue weighted by Gasteiger charge is 2.24. The standard InChI is InChI=1S/C8H19NO3S/c1-5-12-6-8(9-3)7(2)13(4,10)11/h7-9H,5-6H2,1-4H3. The summed E-state index contributed by atoms with van der Waals surface area (Å²) in [5.41, 5.74) is 0. The molecule has 2 unspecified atom stereocenters. The second-order valence-electron chi connectivity index (χ2n) is 3.09. The van der Waals surface area contributed by atoms with Gasteiger partial charge in [-0.05, 0) is 20.9 Å². The third kappa shape index (κ3) is 4.59. The fourth-order valence-corrected chi connectivity index (χ4v) is 1.81. The van der Waals surface area contributed by atoms with Crippen LogP contribution in [0, 0.1) is 0 Å². The first-order chi connectivity index (χ1) is 5.93. The van der Waals surface area contributed by atoms with Crippen molar-refractivity contribution in [3.05, 3.63) is 0 Å². The Morgan fingerprint density at radius 1 is 1.46 bits per heavy atom. The summed E-state index contributed by atoms with van der Waals surface area (Å²) >= 11 is 0.